The zero-order valence-electron chi connectivity index (χ0n) is 19.7. The molecule has 3 aromatic carbocycles. The van der Waals surface area contributed by atoms with Gasteiger partial charge in [0, 0.05) is 38.7 Å². The van der Waals surface area contributed by atoms with E-state index in [1.54, 1.807) is 4.90 Å². The summed E-state index contributed by atoms with van der Waals surface area (Å²) in [5.41, 5.74) is 2.81. The van der Waals surface area contributed by atoms with E-state index in [1.807, 2.05) is 80.8 Å². The van der Waals surface area contributed by atoms with Gasteiger partial charge in [-0.1, -0.05) is 54.1 Å². The molecule has 0 atom stereocenters. The molecule has 0 bridgehead atoms. The highest BCUT2D eigenvalue weighted by Gasteiger charge is 2.16. The van der Waals surface area contributed by atoms with E-state index >= 15 is 0 Å². The lowest BCUT2D eigenvalue weighted by molar-refractivity contribution is -0.142. The van der Waals surface area contributed by atoms with Crippen molar-refractivity contribution in [3.63, 3.8) is 0 Å². The van der Waals surface area contributed by atoms with Crippen molar-refractivity contribution >= 4 is 45.8 Å². The van der Waals surface area contributed by atoms with Gasteiger partial charge >= 0.3 is 5.97 Å². The van der Waals surface area contributed by atoms with E-state index in [-0.39, 0.29) is 17.7 Å². The SMILES string of the molecule is CC(=O)OCc1c(Cl)nc(Cc2ccc(NC(=O)c3ccc4ccccc4c3)cc2)nc1N(C)C. The van der Waals surface area contributed by atoms with Crippen molar-refractivity contribution in [2.75, 3.05) is 24.3 Å². The van der Waals surface area contributed by atoms with Crippen molar-refractivity contribution in [2.45, 2.75) is 20.0 Å². The van der Waals surface area contributed by atoms with Crippen molar-refractivity contribution in [2.24, 2.45) is 0 Å². The number of nitrogens with zero attached hydrogens (tertiary/aromatic N) is 3. The minimum absolute atomic E-state index is 0.00750. The second-order valence-corrected chi connectivity index (χ2v) is 8.66. The fourth-order valence-corrected chi connectivity index (χ4v) is 3.89. The van der Waals surface area contributed by atoms with Crippen LogP contribution < -0.4 is 10.2 Å². The van der Waals surface area contributed by atoms with Gasteiger partial charge in [0.05, 0.1) is 5.56 Å². The van der Waals surface area contributed by atoms with Gasteiger partial charge in [0.1, 0.15) is 23.4 Å². The molecule has 0 fully saturated rings. The maximum Gasteiger partial charge on any atom is 0.302 e. The molecule has 178 valence electrons. The van der Waals surface area contributed by atoms with Gasteiger partial charge in [-0.2, -0.15) is 0 Å². The molecule has 0 aliphatic carbocycles. The Hall–Kier alpha value is -3.97. The normalized spacial score (nSPS) is 10.7. The summed E-state index contributed by atoms with van der Waals surface area (Å²) in [7, 11) is 3.68. The number of hydrogen-bond acceptors (Lipinski definition) is 6. The van der Waals surface area contributed by atoms with E-state index in [4.69, 9.17) is 16.3 Å². The third kappa shape index (κ3) is 5.94. The Labute approximate surface area is 208 Å². The van der Waals surface area contributed by atoms with E-state index in [0.29, 0.717) is 34.9 Å². The molecule has 1 amide bonds. The number of amides is 1. The van der Waals surface area contributed by atoms with Gasteiger partial charge in [0.2, 0.25) is 0 Å². The molecule has 1 heterocycles. The lowest BCUT2D eigenvalue weighted by Crippen LogP contribution is -2.17. The molecule has 0 saturated heterocycles. The first-order valence-corrected chi connectivity index (χ1v) is 11.4. The van der Waals surface area contributed by atoms with E-state index in [2.05, 4.69) is 15.3 Å². The lowest BCUT2D eigenvalue weighted by Gasteiger charge is -2.18. The molecule has 1 N–H and O–H groups in total. The predicted octanol–water partition coefficient (Wildman–Crippen LogP) is 5.26. The smallest absolute Gasteiger partial charge is 0.302 e. The molecule has 1 aromatic heterocycles. The van der Waals surface area contributed by atoms with Crippen molar-refractivity contribution < 1.29 is 14.3 Å². The Kier molecular flexibility index (Phi) is 7.27. The number of rotatable bonds is 7. The second-order valence-electron chi connectivity index (χ2n) is 8.30. The third-order valence-corrected chi connectivity index (χ3v) is 5.72. The maximum absolute atomic E-state index is 12.7. The number of nitrogens with one attached hydrogen (secondary N) is 1. The summed E-state index contributed by atoms with van der Waals surface area (Å²) in [6, 6.07) is 21.1. The topological polar surface area (TPSA) is 84.4 Å². The molecule has 0 spiro atoms. The van der Waals surface area contributed by atoms with Gasteiger partial charge in [-0.3, -0.25) is 9.59 Å². The molecule has 4 rings (SSSR count). The first kappa shape index (κ1) is 24.2. The van der Waals surface area contributed by atoms with Crippen LogP contribution in [-0.4, -0.2) is 35.9 Å². The van der Waals surface area contributed by atoms with E-state index in [0.717, 1.165) is 16.3 Å². The maximum atomic E-state index is 12.7. The number of halogens is 1. The summed E-state index contributed by atoms with van der Waals surface area (Å²) in [4.78, 5) is 34.7. The fraction of sp³-hybridized carbons (Fsp3) is 0.185. The van der Waals surface area contributed by atoms with Crippen LogP contribution in [0.1, 0.15) is 34.2 Å². The Balaban J connectivity index is 1.46. The quantitative estimate of drug-likeness (QED) is 0.282. The Bertz CT molecular complexity index is 1390. The lowest BCUT2D eigenvalue weighted by atomic mass is 10.1. The minimum Gasteiger partial charge on any atom is -0.461 e. The van der Waals surface area contributed by atoms with Crippen molar-refractivity contribution in [1.82, 2.24) is 9.97 Å². The van der Waals surface area contributed by atoms with Crippen LogP contribution in [-0.2, 0) is 22.6 Å². The number of carbonyl (C=O) groups excluding carboxylic acids is 2. The third-order valence-electron chi connectivity index (χ3n) is 5.41. The highest BCUT2D eigenvalue weighted by atomic mass is 35.5. The van der Waals surface area contributed by atoms with Crippen LogP contribution in [0.3, 0.4) is 0 Å². The number of fused-ring (bicyclic) bond motifs is 1. The van der Waals surface area contributed by atoms with Crippen LogP contribution in [0.4, 0.5) is 11.5 Å². The molecular weight excluding hydrogens is 464 g/mol. The zero-order valence-corrected chi connectivity index (χ0v) is 20.5. The van der Waals surface area contributed by atoms with Crippen LogP contribution in [0.5, 0.6) is 0 Å². The summed E-state index contributed by atoms with van der Waals surface area (Å²) < 4.78 is 5.09. The molecule has 0 aliphatic rings. The molecule has 0 unspecified atom stereocenters. The van der Waals surface area contributed by atoms with E-state index in [9.17, 15) is 9.59 Å². The Morgan fingerprint density at radius 2 is 1.69 bits per heavy atom. The van der Waals surface area contributed by atoms with Gasteiger partial charge in [-0.25, -0.2) is 9.97 Å². The standard InChI is InChI=1S/C27H25ClN4O3/c1-17(33)35-16-23-25(28)30-24(31-26(23)32(2)3)14-18-8-12-22(13-9-18)29-27(34)21-11-10-19-6-4-5-7-20(19)15-21/h4-13,15H,14,16H2,1-3H3,(H,29,34). The van der Waals surface area contributed by atoms with Gasteiger partial charge in [0.15, 0.2) is 0 Å². The summed E-state index contributed by atoms with van der Waals surface area (Å²) in [6.45, 7) is 1.35. The van der Waals surface area contributed by atoms with Crippen LogP contribution >= 0.6 is 11.6 Å². The number of carbonyl (C=O) groups is 2. The molecule has 8 heteroatoms. The number of aromatic nitrogens is 2. The molecule has 0 aliphatic heterocycles. The Morgan fingerprint density at radius 3 is 2.37 bits per heavy atom. The highest BCUT2D eigenvalue weighted by molar-refractivity contribution is 6.30. The second kappa shape index (κ2) is 10.5. The summed E-state index contributed by atoms with van der Waals surface area (Å²) in [5.74, 6) is 0.569. The first-order valence-electron chi connectivity index (χ1n) is 11.0. The van der Waals surface area contributed by atoms with Crippen LogP contribution in [0.15, 0.2) is 66.7 Å². The number of ether oxygens (including phenoxy) is 1. The van der Waals surface area contributed by atoms with E-state index in [1.165, 1.54) is 6.92 Å². The van der Waals surface area contributed by atoms with Crippen molar-refractivity contribution in [3.05, 3.63) is 94.4 Å². The number of hydrogen-bond donors (Lipinski definition) is 1. The molecule has 35 heavy (non-hydrogen) atoms. The van der Waals surface area contributed by atoms with Crippen molar-refractivity contribution in [1.29, 1.82) is 0 Å². The summed E-state index contributed by atoms with van der Waals surface area (Å²) >= 11 is 6.39. The zero-order chi connectivity index (χ0) is 24.9. The predicted molar refractivity (Wildman–Crippen MR) is 138 cm³/mol. The first-order chi connectivity index (χ1) is 16.8. The molecular formula is C27H25ClN4O3. The molecule has 4 aromatic rings. The average Bonchev–Trinajstić information content (AvgIpc) is 2.83. The van der Waals surface area contributed by atoms with Crippen LogP contribution in [0.25, 0.3) is 10.8 Å². The highest BCUT2D eigenvalue weighted by Crippen LogP contribution is 2.25. The Morgan fingerprint density at radius 1 is 0.971 bits per heavy atom. The van der Waals surface area contributed by atoms with Gasteiger partial charge < -0.3 is 15.0 Å². The van der Waals surface area contributed by atoms with Gasteiger partial charge in [-0.15, -0.1) is 0 Å². The largest absolute Gasteiger partial charge is 0.461 e. The minimum atomic E-state index is -0.400. The number of esters is 1. The van der Waals surface area contributed by atoms with Crippen molar-refractivity contribution in [3.8, 4) is 0 Å². The molecule has 0 saturated carbocycles. The summed E-state index contributed by atoms with van der Waals surface area (Å²) in [6.07, 6.45) is 0.452. The monoisotopic (exact) mass is 488 g/mol. The number of anilines is 2. The molecule has 0 radical (unpaired) electrons. The van der Waals surface area contributed by atoms with Crippen LogP contribution in [0.2, 0.25) is 5.15 Å². The van der Waals surface area contributed by atoms with Gasteiger partial charge in [0.25, 0.3) is 5.91 Å². The molecule has 7 nitrogen and oxygen atoms in total. The van der Waals surface area contributed by atoms with Crippen LogP contribution in [0, 0.1) is 0 Å². The average molecular weight is 489 g/mol. The van der Waals surface area contributed by atoms with E-state index < -0.39 is 5.97 Å². The van der Waals surface area contributed by atoms with Gasteiger partial charge in [-0.05, 0) is 40.6 Å². The number of benzene rings is 3. The fourth-order valence-electron chi connectivity index (χ4n) is 3.66. The summed E-state index contributed by atoms with van der Waals surface area (Å²) in [5, 5.41) is 5.30.